The van der Waals surface area contributed by atoms with Crippen LogP contribution in [-0.2, 0) is 4.79 Å². The van der Waals surface area contributed by atoms with Gasteiger partial charge < -0.3 is 10.2 Å². The molecule has 0 aromatic carbocycles. The van der Waals surface area contributed by atoms with Gasteiger partial charge in [0.25, 0.3) is 0 Å². The highest BCUT2D eigenvalue weighted by Gasteiger charge is 2.36. The first-order chi connectivity index (χ1) is 9.78. The summed E-state index contributed by atoms with van der Waals surface area (Å²) in [5.41, 5.74) is 0. The zero-order chi connectivity index (χ0) is 13.9. The van der Waals surface area contributed by atoms with Gasteiger partial charge in [-0.25, -0.2) is 0 Å². The van der Waals surface area contributed by atoms with E-state index in [4.69, 9.17) is 0 Å². The number of hydrogen-bond acceptors (Lipinski definition) is 2. The van der Waals surface area contributed by atoms with Crippen molar-refractivity contribution in [2.24, 2.45) is 11.8 Å². The molecule has 0 bridgehead atoms. The van der Waals surface area contributed by atoms with Gasteiger partial charge in [0.05, 0.1) is 6.04 Å². The molecule has 0 radical (unpaired) electrons. The summed E-state index contributed by atoms with van der Waals surface area (Å²) in [7, 11) is 0. The molecule has 1 aliphatic carbocycles. The maximum absolute atomic E-state index is 12.7. The zero-order valence-corrected chi connectivity index (χ0v) is 12.9. The quantitative estimate of drug-likeness (QED) is 0.842. The zero-order valence-electron chi connectivity index (χ0n) is 12.9. The molecule has 114 valence electrons. The Hall–Kier alpha value is -0.570. The molecule has 3 atom stereocenters. The fourth-order valence-electron chi connectivity index (χ4n) is 4.47. The smallest absolute Gasteiger partial charge is 0.239 e. The Morgan fingerprint density at radius 3 is 2.55 bits per heavy atom. The average Bonchev–Trinajstić information content (AvgIpc) is 2.54. The van der Waals surface area contributed by atoms with Crippen LogP contribution in [0.5, 0.6) is 0 Å². The number of carbonyl (C=O) groups excluding carboxylic acids is 1. The second-order valence-corrected chi connectivity index (χ2v) is 7.12. The monoisotopic (exact) mass is 278 g/mol. The number of nitrogens with zero attached hydrogens (tertiary/aromatic N) is 1. The summed E-state index contributed by atoms with van der Waals surface area (Å²) in [4.78, 5) is 14.8. The van der Waals surface area contributed by atoms with Crippen molar-refractivity contribution in [3.8, 4) is 0 Å². The molecule has 20 heavy (non-hydrogen) atoms. The van der Waals surface area contributed by atoms with Gasteiger partial charge >= 0.3 is 0 Å². The van der Waals surface area contributed by atoms with Crippen molar-refractivity contribution in [1.82, 2.24) is 10.2 Å². The molecular weight excluding hydrogens is 248 g/mol. The Balaban J connectivity index is 1.52. The normalized spacial score (nSPS) is 35.6. The lowest BCUT2D eigenvalue weighted by atomic mass is 9.77. The van der Waals surface area contributed by atoms with Crippen LogP contribution in [0, 0.1) is 11.8 Å². The first-order valence-electron chi connectivity index (χ1n) is 8.82. The summed E-state index contributed by atoms with van der Waals surface area (Å²) in [5.74, 6) is 2.09. The molecule has 1 amide bonds. The molecule has 0 aromatic heterocycles. The molecule has 3 aliphatic rings. The van der Waals surface area contributed by atoms with Gasteiger partial charge in [0.1, 0.15) is 0 Å². The lowest BCUT2D eigenvalue weighted by Crippen LogP contribution is -2.56. The number of fused-ring (bicyclic) bond motifs is 1. The van der Waals surface area contributed by atoms with Crippen LogP contribution in [0.4, 0.5) is 0 Å². The molecule has 2 heterocycles. The van der Waals surface area contributed by atoms with Gasteiger partial charge in [0, 0.05) is 19.1 Å². The number of carbonyl (C=O) groups is 1. The van der Waals surface area contributed by atoms with Crippen molar-refractivity contribution in [1.29, 1.82) is 0 Å². The molecule has 3 rings (SSSR count). The van der Waals surface area contributed by atoms with E-state index in [2.05, 4.69) is 17.1 Å². The summed E-state index contributed by atoms with van der Waals surface area (Å²) in [6.45, 7) is 4.25. The van der Waals surface area contributed by atoms with E-state index < -0.39 is 0 Å². The lowest BCUT2D eigenvalue weighted by molar-refractivity contribution is -0.136. The topological polar surface area (TPSA) is 32.3 Å². The minimum Gasteiger partial charge on any atom is -0.341 e. The summed E-state index contributed by atoms with van der Waals surface area (Å²) >= 11 is 0. The molecule has 3 nitrogen and oxygen atoms in total. The van der Waals surface area contributed by atoms with Crippen molar-refractivity contribution in [2.75, 3.05) is 13.1 Å². The van der Waals surface area contributed by atoms with Gasteiger partial charge in [0.15, 0.2) is 0 Å². The van der Waals surface area contributed by atoms with Gasteiger partial charge in [-0.2, -0.15) is 0 Å². The fourth-order valence-corrected chi connectivity index (χ4v) is 4.47. The predicted molar refractivity (Wildman–Crippen MR) is 81.5 cm³/mol. The van der Waals surface area contributed by atoms with Gasteiger partial charge in [-0.3, -0.25) is 4.79 Å². The van der Waals surface area contributed by atoms with E-state index in [1.54, 1.807) is 0 Å². The minimum absolute atomic E-state index is 0.118. The van der Waals surface area contributed by atoms with Crippen LogP contribution in [0.1, 0.15) is 64.7 Å². The van der Waals surface area contributed by atoms with Crippen LogP contribution < -0.4 is 5.32 Å². The Morgan fingerprint density at radius 1 is 1.05 bits per heavy atom. The SMILES string of the molecule is CCC1CCN(C(=O)C2CCC3CCCCC3N2)CC1. The standard InChI is InChI=1S/C17H30N2O/c1-2-13-9-11-19(12-10-13)17(20)16-8-7-14-5-3-4-6-15(14)18-16/h13-16,18H,2-12H2,1H3. The number of piperidine rings is 2. The van der Waals surface area contributed by atoms with Crippen LogP contribution in [-0.4, -0.2) is 36.0 Å². The predicted octanol–water partition coefficient (Wildman–Crippen LogP) is 2.95. The third kappa shape index (κ3) is 3.03. The maximum atomic E-state index is 12.7. The summed E-state index contributed by atoms with van der Waals surface area (Å²) in [5, 5.41) is 3.69. The molecule has 3 heteroatoms. The number of nitrogens with one attached hydrogen (secondary N) is 1. The van der Waals surface area contributed by atoms with Gasteiger partial charge in [-0.15, -0.1) is 0 Å². The van der Waals surface area contributed by atoms with E-state index >= 15 is 0 Å². The summed E-state index contributed by atoms with van der Waals surface area (Å²) < 4.78 is 0. The summed E-state index contributed by atoms with van der Waals surface area (Å²) in [6.07, 6.45) is 11.4. The maximum Gasteiger partial charge on any atom is 0.239 e. The third-order valence-corrected chi connectivity index (χ3v) is 5.95. The van der Waals surface area contributed by atoms with E-state index in [1.165, 1.54) is 51.4 Å². The highest BCUT2D eigenvalue weighted by Crippen LogP contribution is 2.33. The Morgan fingerprint density at radius 2 is 1.80 bits per heavy atom. The van der Waals surface area contributed by atoms with Crippen LogP contribution in [0.2, 0.25) is 0 Å². The average molecular weight is 278 g/mol. The molecule has 0 aromatic rings. The van der Waals surface area contributed by atoms with E-state index in [1.807, 2.05) is 0 Å². The van der Waals surface area contributed by atoms with E-state index in [0.717, 1.165) is 31.3 Å². The fraction of sp³-hybridized carbons (Fsp3) is 0.941. The first kappa shape index (κ1) is 14.4. The van der Waals surface area contributed by atoms with Crippen molar-refractivity contribution >= 4 is 5.91 Å². The number of amides is 1. The van der Waals surface area contributed by atoms with Crippen LogP contribution in [0.3, 0.4) is 0 Å². The minimum atomic E-state index is 0.118. The Labute approximate surface area is 123 Å². The molecule has 1 N–H and O–H groups in total. The van der Waals surface area contributed by atoms with Crippen LogP contribution >= 0.6 is 0 Å². The molecule has 2 aliphatic heterocycles. The second-order valence-electron chi connectivity index (χ2n) is 7.12. The Bertz CT molecular complexity index is 336. The van der Waals surface area contributed by atoms with Gasteiger partial charge in [0.2, 0.25) is 5.91 Å². The largest absolute Gasteiger partial charge is 0.341 e. The highest BCUT2D eigenvalue weighted by molar-refractivity contribution is 5.82. The summed E-state index contributed by atoms with van der Waals surface area (Å²) in [6, 6.07) is 0.743. The third-order valence-electron chi connectivity index (χ3n) is 5.95. The lowest BCUT2D eigenvalue weighted by Gasteiger charge is -2.42. The number of rotatable bonds is 2. The van der Waals surface area contributed by atoms with E-state index in [0.29, 0.717) is 11.9 Å². The van der Waals surface area contributed by atoms with Gasteiger partial charge in [-0.1, -0.05) is 26.2 Å². The molecule has 3 unspecified atom stereocenters. The van der Waals surface area contributed by atoms with E-state index in [-0.39, 0.29) is 6.04 Å². The van der Waals surface area contributed by atoms with Crippen molar-refractivity contribution in [3.63, 3.8) is 0 Å². The highest BCUT2D eigenvalue weighted by atomic mass is 16.2. The second kappa shape index (κ2) is 6.46. The molecule has 1 saturated carbocycles. The van der Waals surface area contributed by atoms with Crippen molar-refractivity contribution in [2.45, 2.75) is 76.8 Å². The number of hydrogen-bond donors (Lipinski definition) is 1. The first-order valence-corrected chi connectivity index (χ1v) is 8.82. The molecule has 3 fully saturated rings. The molecule has 0 spiro atoms. The molecular formula is C17H30N2O. The number of likely N-dealkylation sites (tertiary alicyclic amines) is 1. The van der Waals surface area contributed by atoms with E-state index in [9.17, 15) is 4.79 Å². The van der Waals surface area contributed by atoms with Crippen LogP contribution in [0.25, 0.3) is 0 Å². The van der Waals surface area contributed by atoms with Crippen molar-refractivity contribution in [3.05, 3.63) is 0 Å². The van der Waals surface area contributed by atoms with Crippen molar-refractivity contribution < 1.29 is 4.79 Å². The molecule has 2 saturated heterocycles. The van der Waals surface area contributed by atoms with Crippen LogP contribution in [0.15, 0.2) is 0 Å². The van der Waals surface area contributed by atoms with Gasteiger partial charge in [-0.05, 0) is 50.4 Å². The Kier molecular flexibility index (Phi) is 4.65.